The Morgan fingerprint density at radius 2 is 1.90 bits per heavy atom. The number of nitrogens with zero attached hydrogens (tertiary/aromatic N) is 3. The van der Waals surface area contributed by atoms with Gasteiger partial charge in [-0.15, -0.1) is 5.10 Å². The number of urea groups is 1. The number of nitrogens with one attached hydrogen (secondary N) is 2. The third-order valence-electron chi connectivity index (χ3n) is 3.08. The molecule has 0 fully saturated rings. The van der Waals surface area contributed by atoms with Crippen molar-refractivity contribution in [2.24, 2.45) is 5.92 Å². The summed E-state index contributed by atoms with van der Waals surface area (Å²) in [5, 5.41) is 21.4. The van der Waals surface area contributed by atoms with Gasteiger partial charge in [-0.3, -0.25) is 5.32 Å². The average molecular weight is 281 g/mol. The third kappa shape index (κ3) is 4.15. The van der Waals surface area contributed by atoms with E-state index in [1.807, 2.05) is 6.92 Å². The summed E-state index contributed by atoms with van der Waals surface area (Å²) in [5.41, 5.74) is 1.31. The lowest BCUT2D eigenvalue weighted by Gasteiger charge is -2.19. The van der Waals surface area contributed by atoms with E-state index in [1.54, 1.807) is 20.8 Å². The highest BCUT2D eigenvalue weighted by atomic mass is 16.4. The lowest BCUT2D eigenvalue weighted by Crippen LogP contribution is -2.46. The van der Waals surface area contributed by atoms with Crippen LogP contribution in [0.3, 0.4) is 0 Å². The van der Waals surface area contributed by atoms with Crippen LogP contribution in [-0.4, -0.2) is 38.3 Å². The summed E-state index contributed by atoms with van der Waals surface area (Å²) in [5.74, 6) is -1.22. The second kappa shape index (κ2) is 6.78. The number of carbonyl (C=O) groups excluding carboxylic acids is 1. The van der Waals surface area contributed by atoms with Crippen LogP contribution in [0, 0.1) is 19.8 Å². The molecule has 8 heteroatoms. The molecule has 0 saturated carbocycles. The molecule has 1 rings (SSSR count). The Labute approximate surface area is 117 Å². The molecule has 2 atom stereocenters. The van der Waals surface area contributed by atoms with E-state index < -0.39 is 18.0 Å². The fraction of sp³-hybridized carbons (Fsp3) is 0.583. The molecule has 1 aromatic heterocycles. The van der Waals surface area contributed by atoms with Crippen molar-refractivity contribution in [3.05, 3.63) is 11.4 Å². The summed E-state index contributed by atoms with van der Waals surface area (Å²) in [4.78, 5) is 26.9. The first-order chi connectivity index (χ1) is 9.35. The van der Waals surface area contributed by atoms with Gasteiger partial charge in [0, 0.05) is 0 Å². The van der Waals surface area contributed by atoms with E-state index in [-0.39, 0.29) is 11.9 Å². The first kappa shape index (κ1) is 15.8. The maximum absolute atomic E-state index is 11.8. The predicted molar refractivity (Wildman–Crippen MR) is 72.3 cm³/mol. The van der Waals surface area contributed by atoms with Gasteiger partial charge in [-0.1, -0.05) is 20.3 Å². The molecule has 3 N–H and O–H groups in total. The van der Waals surface area contributed by atoms with Crippen molar-refractivity contribution in [3.8, 4) is 0 Å². The van der Waals surface area contributed by atoms with Gasteiger partial charge in [-0.05, 0) is 19.8 Å². The molecule has 2 unspecified atom stereocenters. The van der Waals surface area contributed by atoms with Gasteiger partial charge in [-0.2, -0.15) is 5.10 Å². The summed E-state index contributed by atoms with van der Waals surface area (Å²) < 4.78 is 0. The van der Waals surface area contributed by atoms with Crippen molar-refractivity contribution in [1.82, 2.24) is 20.5 Å². The summed E-state index contributed by atoms with van der Waals surface area (Å²) in [6, 6.07) is -1.62. The normalized spacial score (nSPS) is 13.4. The summed E-state index contributed by atoms with van der Waals surface area (Å²) in [7, 11) is 0. The number of aryl methyl sites for hydroxylation is 2. The van der Waals surface area contributed by atoms with Crippen molar-refractivity contribution in [1.29, 1.82) is 0 Å². The second-order valence-electron chi connectivity index (χ2n) is 4.61. The molecule has 0 bridgehead atoms. The number of hydrogen-bond donors (Lipinski definition) is 3. The van der Waals surface area contributed by atoms with Crippen LogP contribution in [0.15, 0.2) is 0 Å². The highest BCUT2D eigenvalue weighted by molar-refractivity contribution is 5.90. The Morgan fingerprint density at radius 1 is 1.25 bits per heavy atom. The van der Waals surface area contributed by atoms with Crippen LogP contribution in [0.2, 0.25) is 0 Å². The third-order valence-corrected chi connectivity index (χ3v) is 3.08. The Bertz CT molecular complexity index is 506. The summed E-state index contributed by atoms with van der Waals surface area (Å²) in [6.45, 7) is 7.11. The fourth-order valence-corrected chi connectivity index (χ4v) is 1.47. The first-order valence-electron chi connectivity index (χ1n) is 6.33. The number of carboxylic acid groups (broad SMARTS) is 1. The van der Waals surface area contributed by atoms with Crippen LogP contribution in [0.1, 0.15) is 31.7 Å². The quantitative estimate of drug-likeness (QED) is 0.744. The van der Waals surface area contributed by atoms with Crippen molar-refractivity contribution in [2.75, 3.05) is 5.32 Å². The summed E-state index contributed by atoms with van der Waals surface area (Å²) in [6.07, 6.45) is 0.638. The smallest absolute Gasteiger partial charge is 0.326 e. The van der Waals surface area contributed by atoms with E-state index in [0.29, 0.717) is 17.8 Å². The lowest BCUT2D eigenvalue weighted by molar-refractivity contribution is -0.140. The zero-order chi connectivity index (χ0) is 15.3. The number of hydrogen-bond acceptors (Lipinski definition) is 5. The van der Waals surface area contributed by atoms with Gasteiger partial charge in [0.1, 0.15) is 6.04 Å². The van der Waals surface area contributed by atoms with Crippen LogP contribution in [0.5, 0.6) is 0 Å². The van der Waals surface area contributed by atoms with Crippen molar-refractivity contribution >= 4 is 17.9 Å². The van der Waals surface area contributed by atoms with E-state index >= 15 is 0 Å². The summed E-state index contributed by atoms with van der Waals surface area (Å²) >= 11 is 0. The molecule has 0 aliphatic rings. The second-order valence-corrected chi connectivity index (χ2v) is 4.61. The number of anilines is 1. The van der Waals surface area contributed by atoms with Gasteiger partial charge in [0.25, 0.3) is 5.95 Å². The van der Waals surface area contributed by atoms with Gasteiger partial charge >= 0.3 is 12.0 Å². The largest absolute Gasteiger partial charge is 0.480 e. The minimum Gasteiger partial charge on any atom is -0.480 e. The van der Waals surface area contributed by atoms with Gasteiger partial charge in [0.05, 0.1) is 11.4 Å². The SMILES string of the molecule is CCC(C)C(NC(=O)Nc1nnc(C)c(C)n1)C(=O)O. The minimum absolute atomic E-state index is 0.0406. The molecule has 2 amide bonds. The van der Waals surface area contributed by atoms with E-state index in [0.717, 1.165) is 0 Å². The highest BCUT2D eigenvalue weighted by Gasteiger charge is 2.25. The monoisotopic (exact) mass is 281 g/mol. The Morgan fingerprint density at radius 3 is 2.40 bits per heavy atom. The van der Waals surface area contributed by atoms with Gasteiger partial charge in [0.2, 0.25) is 0 Å². The molecule has 0 saturated heterocycles. The maximum Gasteiger partial charge on any atom is 0.326 e. The van der Waals surface area contributed by atoms with Gasteiger partial charge < -0.3 is 10.4 Å². The molecule has 0 aromatic carbocycles. The van der Waals surface area contributed by atoms with Crippen molar-refractivity contribution in [2.45, 2.75) is 40.2 Å². The van der Waals surface area contributed by atoms with Crippen molar-refractivity contribution < 1.29 is 14.7 Å². The topological polar surface area (TPSA) is 117 Å². The Balaban J connectivity index is 2.70. The Kier molecular flexibility index (Phi) is 5.36. The molecule has 0 radical (unpaired) electrons. The standard InChI is InChI=1S/C12H19N5O3/c1-5-6(2)9(10(18)19)14-12(20)15-11-13-7(3)8(4)16-17-11/h6,9H,5H2,1-4H3,(H,18,19)(H2,13,14,15,17,20). The minimum atomic E-state index is -1.08. The number of aliphatic carboxylic acids is 1. The zero-order valence-corrected chi connectivity index (χ0v) is 12.0. The molecule has 8 nitrogen and oxygen atoms in total. The zero-order valence-electron chi connectivity index (χ0n) is 12.0. The fourth-order valence-electron chi connectivity index (χ4n) is 1.47. The van der Waals surface area contributed by atoms with Crippen LogP contribution >= 0.6 is 0 Å². The van der Waals surface area contributed by atoms with E-state index in [9.17, 15) is 9.59 Å². The van der Waals surface area contributed by atoms with Gasteiger partial charge in [-0.25, -0.2) is 14.6 Å². The lowest BCUT2D eigenvalue weighted by atomic mass is 10.00. The molecule has 1 heterocycles. The number of aromatic nitrogens is 3. The first-order valence-corrected chi connectivity index (χ1v) is 6.33. The molecular formula is C12H19N5O3. The molecule has 0 aliphatic heterocycles. The van der Waals surface area contributed by atoms with Crippen LogP contribution in [0.25, 0.3) is 0 Å². The number of rotatable bonds is 5. The van der Waals surface area contributed by atoms with Gasteiger partial charge in [0.15, 0.2) is 0 Å². The van der Waals surface area contributed by atoms with Crippen molar-refractivity contribution in [3.63, 3.8) is 0 Å². The average Bonchev–Trinajstić information content (AvgIpc) is 2.39. The van der Waals surface area contributed by atoms with Crippen LogP contribution in [-0.2, 0) is 4.79 Å². The highest BCUT2D eigenvalue weighted by Crippen LogP contribution is 2.08. The Hall–Kier alpha value is -2.25. The molecule has 0 aliphatic carbocycles. The van der Waals surface area contributed by atoms with E-state index in [1.165, 1.54) is 0 Å². The molecule has 110 valence electrons. The molecule has 20 heavy (non-hydrogen) atoms. The number of carboxylic acids is 1. The predicted octanol–water partition coefficient (Wildman–Crippen LogP) is 1.11. The van der Waals surface area contributed by atoms with E-state index in [4.69, 9.17) is 5.11 Å². The molecule has 0 spiro atoms. The molecule has 1 aromatic rings. The number of carbonyl (C=O) groups is 2. The van der Waals surface area contributed by atoms with Crippen LogP contribution in [0.4, 0.5) is 10.7 Å². The molecular weight excluding hydrogens is 262 g/mol. The van der Waals surface area contributed by atoms with E-state index in [2.05, 4.69) is 25.8 Å². The maximum atomic E-state index is 11.8. The number of amides is 2. The van der Waals surface area contributed by atoms with Crippen LogP contribution < -0.4 is 10.6 Å².